The Labute approximate surface area is 74.7 Å². The number of carbonyl (C=O) groups is 1. The largest absolute Gasteiger partial charge is 0.353 e. The molecule has 1 atom stereocenters. The lowest BCUT2D eigenvalue weighted by atomic mass is 9.88. The van der Waals surface area contributed by atoms with Crippen molar-refractivity contribution in [1.82, 2.24) is 5.32 Å². The molecular weight excluding hydrogens is 150 g/mol. The van der Waals surface area contributed by atoms with Crippen molar-refractivity contribution in [3.05, 3.63) is 0 Å². The third kappa shape index (κ3) is 2.50. The van der Waals surface area contributed by atoms with Crippen LogP contribution in [0.5, 0.6) is 0 Å². The van der Waals surface area contributed by atoms with Crippen LogP contribution >= 0.6 is 0 Å². The second kappa shape index (κ2) is 3.08. The Hall–Kier alpha value is -0.530. The van der Waals surface area contributed by atoms with Gasteiger partial charge in [-0.15, -0.1) is 0 Å². The maximum absolute atomic E-state index is 11.4. The summed E-state index contributed by atoms with van der Waals surface area (Å²) in [6.45, 7) is 8.50. The van der Waals surface area contributed by atoms with Crippen LogP contribution in [-0.4, -0.2) is 11.9 Å². The van der Waals surface area contributed by atoms with Crippen molar-refractivity contribution in [3.63, 3.8) is 0 Å². The van der Waals surface area contributed by atoms with Gasteiger partial charge in [0.15, 0.2) is 0 Å². The second-order valence-corrected chi connectivity index (χ2v) is 4.87. The van der Waals surface area contributed by atoms with Gasteiger partial charge in [-0.3, -0.25) is 4.79 Å². The van der Waals surface area contributed by atoms with Crippen LogP contribution in [0.4, 0.5) is 0 Å². The number of hydrogen-bond acceptors (Lipinski definition) is 1. The van der Waals surface area contributed by atoms with Gasteiger partial charge in [-0.05, 0) is 25.2 Å². The summed E-state index contributed by atoms with van der Waals surface area (Å²) in [5, 5.41) is 3.04. The Morgan fingerprint density at radius 1 is 1.42 bits per heavy atom. The average Bonchev–Trinajstić information content (AvgIpc) is 2.65. The first-order valence-electron chi connectivity index (χ1n) is 4.71. The van der Waals surface area contributed by atoms with Crippen LogP contribution in [0.25, 0.3) is 0 Å². The fourth-order valence-corrected chi connectivity index (χ4v) is 0.893. The molecule has 0 aromatic rings. The van der Waals surface area contributed by atoms with Gasteiger partial charge in [0.2, 0.25) is 5.91 Å². The van der Waals surface area contributed by atoms with E-state index >= 15 is 0 Å². The quantitative estimate of drug-likeness (QED) is 0.672. The van der Waals surface area contributed by atoms with Crippen molar-refractivity contribution in [1.29, 1.82) is 0 Å². The zero-order chi connectivity index (χ0) is 9.35. The van der Waals surface area contributed by atoms with Crippen LogP contribution in [0.1, 0.15) is 40.5 Å². The molecule has 1 N–H and O–H groups in total. The maximum Gasteiger partial charge on any atom is 0.223 e. The third-order valence-corrected chi connectivity index (χ3v) is 2.61. The molecule has 0 saturated heterocycles. The fourth-order valence-electron chi connectivity index (χ4n) is 0.893. The van der Waals surface area contributed by atoms with E-state index in [-0.39, 0.29) is 17.4 Å². The van der Waals surface area contributed by atoms with Crippen LogP contribution in [0.3, 0.4) is 0 Å². The molecule has 70 valence electrons. The Balaban J connectivity index is 2.34. The van der Waals surface area contributed by atoms with E-state index in [4.69, 9.17) is 0 Å². The van der Waals surface area contributed by atoms with E-state index in [1.807, 2.05) is 0 Å². The summed E-state index contributed by atoms with van der Waals surface area (Å²) in [6, 6.07) is 0.269. The van der Waals surface area contributed by atoms with Gasteiger partial charge in [-0.2, -0.15) is 0 Å². The monoisotopic (exact) mass is 169 g/mol. The molecule has 0 heterocycles. The van der Waals surface area contributed by atoms with Crippen molar-refractivity contribution in [2.75, 3.05) is 0 Å². The van der Waals surface area contributed by atoms with Crippen LogP contribution in [0.15, 0.2) is 0 Å². The van der Waals surface area contributed by atoms with E-state index in [2.05, 4.69) is 33.0 Å². The van der Waals surface area contributed by atoms with E-state index in [1.165, 1.54) is 0 Å². The lowest BCUT2D eigenvalue weighted by Gasteiger charge is -2.28. The molecule has 12 heavy (non-hydrogen) atoms. The Bertz CT molecular complexity index is 177. The highest BCUT2D eigenvalue weighted by atomic mass is 16.2. The average molecular weight is 169 g/mol. The molecule has 1 fully saturated rings. The standard InChI is InChI=1S/C10H19NO/c1-7(10(2,3)4)11-9(12)8-5-6-8/h7-8H,5-6H2,1-4H3,(H,11,12)/t7-/m1/s1. The molecule has 2 heteroatoms. The summed E-state index contributed by atoms with van der Waals surface area (Å²) >= 11 is 0. The van der Waals surface area contributed by atoms with Crippen molar-refractivity contribution in [3.8, 4) is 0 Å². The maximum atomic E-state index is 11.4. The number of amides is 1. The minimum Gasteiger partial charge on any atom is -0.353 e. The van der Waals surface area contributed by atoms with Crippen LogP contribution in [-0.2, 0) is 4.79 Å². The highest BCUT2D eigenvalue weighted by Crippen LogP contribution is 2.29. The lowest BCUT2D eigenvalue weighted by Crippen LogP contribution is -2.42. The molecule has 2 nitrogen and oxygen atoms in total. The summed E-state index contributed by atoms with van der Waals surface area (Å²) in [7, 11) is 0. The smallest absolute Gasteiger partial charge is 0.223 e. The van der Waals surface area contributed by atoms with Crippen LogP contribution < -0.4 is 5.32 Å². The number of hydrogen-bond donors (Lipinski definition) is 1. The molecule has 1 rings (SSSR count). The number of rotatable bonds is 2. The van der Waals surface area contributed by atoms with Crippen molar-refractivity contribution < 1.29 is 4.79 Å². The zero-order valence-electron chi connectivity index (χ0n) is 8.48. The van der Waals surface area contributed by atoms with E-state index in [9.17, 15) is 4.79 Å². The summed E-state index contributed by atoms with van der Waals surface area (Å²) in [5.41, 5.74) is 0.171. The van der Waals surface area contributed by atoms with Gasteiger partial charge in [0.25, 0.3) is 0 Å². The van der Waals surface area contributed by atoms with Crippen LogP contribution in [0.2, 0.25) is 0 Å². The molecule has 1 saturated carbocycles. The van der Waals surface area contributed by atoms with E-state index < -0.39 is 0 Å². The summed E-state index contributed by atoms with van der Waals surface area (Å²) in [4.78, 5) is 11.4. The van der Waals surface area contributed by atoms with Gasteiger partial charge in [-0.1, -0.05) is 20.8 Å². The fraction of sp³-hybridized carbons (Fsp3) is 0.900. The van der Waals surface area contributed by atoms with Gasteiger partial charge in [0.05, 0.1) is 0 Å². The number of carbonyl (C=O) groups excluding carboxylic acids is 1. The molecule has 0 unspecified atom stereocenters. The lowest BCUT2D eigenvalue weighted by molar-refractivity contribution is -0.123. The third-order valence-electron chi connectivity index (χ3n) is 2.61. The Morgan fingerprint density at radius 2 is 1.92 bits per heavy atom. The predicted molar refractivity (Wildman–Crippen MR) is 49.8 cm³/mol. The topological polar surface area (TPSA) is 29.1 Å². The first-order chi connectivity index (χ1) is 5.41. The molecule has 0 spiro atoms. The first kappa shape index (κ1) is 9.56. The molecule has 0 aliphatic heterocycles. The predicted octanol–water partition coefficient (Wildman–Crippen LogP) is 1.95. The normalized spacial score (nSPS) is 20.3. The first-order valence-corrected chi connectivity index (χ1v) is 4.71. The minimum absolute atomic E-state index is 0.171. The Morgan fingerprint density at radius 3 is 2.25 bits per heavy atom. The number of nitrogens with one attached hydrogen (secondary N) is 1. The molecule has 1 amide bonds. The molecule has 1 aliphatic rings. The molecule has 0 aromatic heterocycles. The van der Waals surface area contributed by atoms with Crippen molar-refractivity contribution in [2.45, 2.75) is 46.6 Å². The van der Waals surface area contributed by atoms with E-state index in [0.29, 0.717) is 5.92 Å². The van der Waals surface area contributed by atoms with Crippen molar-refractivity contribution >= 4 is 5.91 Å². The van der Waals surface area contributed by atoms with Gasteiger partial charge in [0, 0.05) is 12.0 Å². The molecule has 1 aliphatic carbocycles. The molecule has 0 bridgehead atoms. The minimum atomic E-state index is 0.171. The second-order valence-electron chi connectivity index (χ2n) is 4.87. The molecule has 0 aromatic carbocycles. The van der Waals surface area contributed by atoms with Gasteiger partial charge in [-0.25, -0.2) is 0 Å². The van der Waals surface area contributed by atoms with Gasteiger partial charge < -0.3 is 5.32 Å². The Kier molecular flexibility index (Phi) is 2.45. The summed E-state index contributed by atoms with van der Waals surface area (Å²) in [5.74, 6) is 0.576. The SMILES string of the molecule is C[C@@H](NC(=O)C1CC1)C(C)(C)C. The molecular formula is C10H19NO. The van der Waals surface area contributed by atoms with Gasteiger partial charge >= 0.3 is 0 Å². The van der Waals surface area contributed by atoms with E-state index in [1.54, 1.807) is 0 Å². The summed E-state index contributed by atoms with van der Waals surface area (Å²) < 4.78 is 0. The molecule has 0 radical (unpaired) electrons. The van der Waals surface area contributed by atoms with Crippen LogP contribution in [0, 0.1) is 11.3 Å². The van der Waals surface area contributed by atoms with Gasteiger partial charge in [0.1, 0.15) is 0 Å². The zero-order valence-corrected chi connectivity index (χ0v) is 8.48. The highest BCUT2D eigenvalue weighted by Gasteiger charge is 2.32. The van der Waals surface area contributed by atoms with E-state index in [0.717, 1.165) is 12.8 Å². The summed E-state index contributed by atoms with van der Waals surface area (Å²) in [6.07, 6.45) is 2.17. The highest BCUT2D eigenvalue weighted by molar-refractivity contribution is 5.81. The van der Waals surface area contributed by atoms with Crippen molar-refractivity contribution in [2.24, 2.45) is 11.3 Å².